The van der Waals surface area contributed by atoms with Crippen molar-refractivity contribution in [1.82, 2.24) is 9.78 Å². The van der Waals surface area contributed by atoms with Crippen molar-refractivity contribution in [1.29, 1.82) is 5.26 Å². The van der Waals surface area contributed by atoms with Crippen LogP contribution in [0.15, 0.2) is 30.3 Å². The summed E-state index contributed by atoms with van der Waals surface area (Å²) in [6.45, 7) is 5.05. The first-order valence-corrected chi connectivity index (χ1v) is 6.45. The number of nitrogens with zero attached hydrogens (tertiary/aromatic N) is 3. The molecular formula is C15H18N4. The number of rotatable bonds is 4. The summed E-state index contributed by atoms with van der Waals surface area (Å²) in [5.41, 5.74) is 8.08. The molecule has 0 bridgehead atoms. The molecule has 0 unspecified atom stereocenters. The van der Waals surface area contributed by atoms with Gasteiger partial charge >= 0.3 is 0 Å². The third kappa shape index (κ3) is 2.76. The fourth-order valence-electron chi connectivity index (χ4n) is 1.93. The molecule has 0 saturated heterocycles. The zero-order valence-corrected chi connectivity index (χ0v) is 11.3. The maximum Gasteiger partial charge on any atom is 0.140 e. The molecule has 0 fully saturated rings. The first-order valence-electron chi connectivity index (χ1n) is 6.45. The van der Waals surface area contributed by atoms with Gasteiger partial charge in [0, 0.05) is 12.1 Å². The average Bonchev–Trinajstić information content (AvgIpc) is 2.74. The van der Waals surface area contributed by atoms with Crippen LogP contribution in [0.3, 0.4) is 0 Å². The fourth-order valence-corrected chi connectivity index (χ4v) is 1.93. The van der Waals surface area contributed by atoms with E-state index < -0.39 is 0 Å². The van der Waals surface area contributed by atoms with Crippen molar-refractivity contribution in [2.45, 2.75) is 26.8 Å². The molecule has 0 spiro atoms. The molecule has 2 N–H and O–H groups in total. The maximum absolute atomic E-state index is 9.27. The van der Waals surface area contributed by atoms with E-state index in [2.05, 4.69) is 25.0 Å². The second-order valence-corrected chi connectivity index (χ2v) is 4.99. The fraction of sp³-hybridized carbons (Fsp3) is 0.333. The molecule has 2 aromatic rings. The lowest BCUT2D eigenvalue weighted by molar-refractivity contribution is 0.492. The lowest BCUT2D eigenvalue weighted by Crippen LogP contribution is -2.07. The highest BCUT2D eigenvalue weighted by Gasteiger charge is 2.16. The number of nitriles is 1. The zero-order valence-electron chi connectivity index (χ0n) is 11.3. The highest BCUT2D eigenvalue weighted by atomic mass is 15.3. The molecular weight excluding hydrogens is 236 g/mol. The lowest BCUT2D eigenvalue weighted by Gasteiger charge is -2.06. The van der Waals surface area contributed by atoms with E-state index >= 15 is 0 Å². The number of anilines is 1. The minimum absolute atomic E-state index is 0.460. The van der Waals surface area contributed by atoms with E-state index in [0.29, 0.717) is 23.0 Å². The third-order valence-corrected chi connectivity index (χ3v) is 3.07. The van der Waals surface area contributed by atoms with E-state index in [9.17, 15) is 5.26 Å². The molecule has 0 aliphatic carbocycles. The second kappa shape index (κ2) is 5.57. The maximum atomic E-state index is 9.27. The Morgan fingerprint density at radius 1 is 1.32 bits per heavy atom. The van der Waals surface area contributed by atoms with Crippen molar-refractivity contribution in [2.75, 3.05) is 5.73 Å². The largest absolute Gasteiger partial charge is 0.383 e. The summed E-state index contributed by atoms with van der Waals surface area (Å²) in [4.78, 5) is 0. The number of nitrogens with two attached hydrogens (primary N) is 1. The topological polar surface area (TPSA) is 67.6 Å². The van der Waals surface area contributed by atoms with E-state index in [4.69, 9.17) is 5.73 Å². The van der Waals surface area contributed by atoms with Gasteiger partial charge in [0.05, 0.1) is 0 Å². The van der Waals surface area contributed by atoms with Crippen LogP contribution in [0.2, 0.25) is 0 Å². The van der Waals surface area contributed by atoms with Crippen LogP contribution in [0.1, 0.15) is 25.8 Å². The van der Waals surface area contributed by atoms with Gasteiger partial charge in [0.25, 0.3) is 0 Å². The Morgan fingerprint density at radius 2 is 2.00 bits per heavy atom. The van der Waals surface area contributed by atoms with Crippen LogP contribution in [-0.2, 0) is 6.54 Å². The van der Waals surface area contributed by atoms with E-state index in [1.165, 1.54) is 0 Å². The van der Waals surface area contributed by atoms with Crippen LogP contribution in [-0.4, -0.2) is 9.78 Å². The number of hydrogen-bond donors (Lipinski definition) is 1. The summed E-state index contributed by atoms with van der Waals surface area (Å²) in [5.74, 6) is 1.04. The molecule has 0 aliphatic rings. The average molecular weight is 254 g/mol. The Balaban J connectivity index is 2.40. The van der Waals surface area contributed by atoms with E-state index in [-0.39, 0.29) is 0 Å². The number of aromatic nitrogens is 2. The Bertz CT molecular complexity index is 591. The second-order valence-electron chi connectivity index (χ2n) is 4.99. The smallest absolute Gasteiger partial charge is 0.140 e. The number of benzene rings is 1. The van der Waals surface area contributed by atoms with E-state index in [0.717, 1.165) is 18.5 Å². The van der Waals surface area contributed by atoms with E-state index in [1.807, 2.05) is 30.3 Å². The van der Waals surface area contributed by atoms with Gasteiger partial charge in [-0.05, 0) is 12.3 Å². The quantitative estimate of drug-likeness (QED) is 0.911. The summed E-state index contributed by atoms with van der Waals surface area (Å²) in [6, 6.07) is 11.8. The minimum atomic E-state index is 0.460. The third-order valence-electron chi connectivity index (χ3n) is 3.07. The van der Waals surface area contributed by atoms with Crippen molar-refractivity contribution in [3.05, 3.63) is 35.9 Å². The Hall–Kier alpha value is -2.28. The van der Waals surface area contributed by atoms with Gasteiger partial charge in [-0.1, -0.05) is 44.2 Å². The van der Waals surface area contributed by atoms with Crippen LogP contribution in [0, 0.1) is 17.2 Å². The predicted molar refractivity (Wildman–Crippen MR) is 76.2 cm³/mol. The monoisotopic (exact) mass is 254 g/mol. The molecule has 0 amide bonds. The molecule has 1 aromatic carbocycles. The van der Waals surface area contributed by atoms with Crippen molar-refractivity contribution >= 4 is 5.82 Å². The number of aryl methyl sites for hydroxylation is 1. The van der Waals surface area contributed by atoms with Crippen LogP contribution < -0.4 is 5.73 Å². The van der Waals surface area contributed by atoms with Gasteiger partial charge in [0.1, 0.15) is 23.1 Å². The van der Waals surface area contributed by atoms with Crippen LogP contribution >= 0.6 is 0 Å². The number of hydrogen-bond acceptors (Lipinski definition) is 3. The molecule has 0 atom stereocenters. The lowest BCUT2D eigenvalue weighted by atomic mass is 10.1. The van der Waals surface area contributed by atoms with Crippen molar-refractivity contribution in [2.24, 2.45) is 5.92 Å². The zero-order chi connectivity index (χ0) is 13.8. The molecule has 2 rings (SSSR count). The van der Waals surface area contributed by atoms with E-state index in [1.54, 1.807) is 4.68 Å². The Kier molecular flexibility index (Phi) is 3.86. The van der Waals surface area contributed by atoms with Gasteiger partial charge in [-0.2, -0.15) is 10.4 Å². The van der Waals surface area contributed by atoms with Gasteiger partial charge in [0.2, 0.25) is 0 Å². The summed E-state index contributed by atoms with van der Waals surface area (Å²) in [7, 11) is 0. The van der Waals surface area contributed by atoms with Gasteiger partial charge in [-0.3, -0.25) is 0 Å². The summed E-state index contributed by atoms with van der Waals surface area (Å²) < 4.78 is 1.74. The van der Waals surface area contributed by atoms with Crippen molar-refractivity contribution in [3.63, 3.8) is 0 Å². The standard InChI is InChI=1S/C15H18N4/c1-11(2)8-9-19-15(17)13(10-16)14(18-19)12-6-4-3-5-7-12/h3-7,11H,8-9,17H2,1-2H3. The molecule has 4 nitrogen and oxygen atoms in total. The SMILES string of the molecule is CC(C)CCn1nc(-c2ccccc2)c(C#N)c1N. The molecule has 0 aliphatic heterocycles. The molecule has 0 saturated carbocycles. The molecule has 1 heterocycles. The highest BCUT2D eigenvalue weighted by molar-refractivity contribution is 5.72. The molecule has 0 radical (unpaired) electrons. The Morgan fingerprint density at radius 3 is 2.58 bits per heavy atom. The molecule has 1 aromatic heterocycles. The number of nitrogen functional groups attached to an aromatic ring is 1. The van der Waals surface area contributed by atoms with Crippen molar-refractivity contribution < 1.29 is 0 Å². The Labute approximate surface area is 113 Å². The minimum Gasteiger partial charge on any atom is -0.383 e. The van der Waals surface area contributed by atoms with Gasteiger partial charge in [-0.15, -0.1) is 0 Å². The predicted octanol–water partition coefficient (Wildman–Crippen LogP) is 3.05. The normalized spacial score (nSPS) is 10.6. The highest BCUT2D eigenvalue weighted by Crippen LogP contribution is 2.26. The van der Waals surface area contributed by atoms with Crippen molar-refractivity contribution in [3.8, 4) is 17.3 Å². The van der Waals surface area contributed by atoms with Crippen LogP contribution in [0.5, 0.6) is 0 Å². The van der Waals surface area contributed by atoms with Gasteiger partial charge < -0.3 is 5.73 Å². The summed E-state index contributed by atoms with van der Waals surface area (Å²) in [5, 5.41) is 13.8. The van der Waals surface area contributed by atoms with Gasteiger partial charge in [0.15, 0.2) is 0 Å². The molecule has 19 heavy (non-hydrogen) atoms. The first-order chi connectivity index (χ1) is 9.13. The van der Waals surface area contributed by atoms with Gasteiger partial charge in [-0.25, -0.2) is 4.68 Å². The molecule has 98 valence electrons. The summed E-state index contributed by atoms with van der Waals surface area (Å²) in [6.07, 6.45) is 0.991. The van der Waals surface area contributed by atoms with Crippen LogP contribution in [0.25, 0.3) is 11.3 Å². The van der Waals surface area contributed by atoms with Crippen LogP contribution in [0.4, 0.5) is 5.82 Å². The molecule has 4 heteroatoms. The first kappa shape index (κ1) is 13.2. The summed E-state index contributed by atoms with van der Waals surface area (Å²) >= 11 is 0.